The summed E-state index contributed by atoms with van der Waals surface area (Å²) in [7, 11) is 0. The Morgan fingerprint density at radius 1 is 1.30 bits per heavy atom. The Hall–Kier alpha value is -1.57. The van der Waals surface area contributed by atoms with Gasteiger partial charge in [0.05, 0.1) is 10.9 Å². The Morgan fingerprint density at radius 3 is 2.41 bits per heavy atom. The summed E-state index contributed by atoms with van der Waals surface area (Å²) in [5.41, 5.74) is 0.386. The minimum absolute atomic E-state index is 0.180. The fourth-order valence-electron chi connectivity index (χ4n) is 2.61. The van der Waals surface area contributed by atoms with E-state index in [9.17, 15) is 14.7 Å². The van der Waals surface area contributed by atoms with Gasteiger partial charge in [0.25, 0.3) is 5.91 Å². The van der Waals surface area contributed by atoms with Crippen molar-refractivity contribution in [1.29, 1.82) is 0 Å². The molecule has 8 heteroatoms. The van der Waals surface area contributed by atoms with Gasteiger partial charge in [0.15, 0.2) is 0 Å². The lowest BCUT2D eigenvalue weighted by atomic mass is 10.0. The third kappa shape index (κ3) is 6.52. The van der Waals surface area contributed by atoms with E-state index >= 15 is 0 Å². The highest BCUT2D eigenvalue weighted by Crippen LogP contribution is 2.21. The first-order valence-electron chi connectivity index (χ1n) is 8.36. The molecule has 2 amide bonds. The van der Waals surface area contributed by atoms with Crippen LogP contribution in [0.4, 0.5) is 4.79 Å². The Balaban J connectivity index is 2.22. The number of rotatable bonds is 6. The maximum Gasteiger partial charge on any atom is 0.407 e. The Kier molecular flexibility index (Phi) is 7.31. The zero-order valence-electron chi connectivity index (χ0n) is 15.3. The third-order valence-corrected chi connectivity index (χ3v) is 5.91. The molecular formula is C19H22BrClN2O3S. The van der Waals surface area contributed by atoms with Crippen LogP contribution < -0.4 is 5.32 Å². The van der Waals surface area contributed by atoms with E-state index in [2.05, 4.69) is 21.2 Å². The zero-order chi connectivity index (χ0) is 20.2. The molecular weight excluding hydrogens is 452 g/mol. The molecule has 0 aliphatic heterocycles. The van der Waals surface area contributed by atoms with E-state index in [1.165, 1.54) is 16.2 Å². The largest absolute Gasteiger partial charge is 0.465 e. The van der Waals surface area contributed by atoms with Gasteiger partial charge in [-0.1, -0.05) is 23.7 Å². The molecule has 0 saturated carbocycles. The molecule has 0 spiro atoms. The van der Waals surface area contributed by atoms with Gasteiger partial charge in [-0.05, 0) is 66.9 Å². The van der Waals surface area contributed by atoms with E-state index in [1.807, 2.05) is 38.3 Å². The fourth-order valence-corrected chi connectivity index (χ4v) is 4.07. The van der Waals surface area contributed by atoms with Gasteiger partial charge in [0.1, 0.15) is 0 Å². The monoisotopic (exact) mass is 472 g/mol. The number of carbonyl (C=O) groups is 2. The Morgan fingerprint density at radius 2 is 1.93 bits per heavy atom. The summed E-state index contributed by atoms with van der Waals surface area (Å²) in [6.07, 6.45) is -0.522. The number of halogens is 2. The number of hydrogen-bond donors (Lipinski definition) is 2. The molecule has 0 saturated heterocycles. The van der Waals surface area contributed by atoms with E-state index in [0.717, 1.165) is 10.0 Å². The van der Waals surface area contributed by atoms with E-state index < -0.39 is 11.6 Å². The number of nitrogens with one attached hydrogen (secondary N) is 1. The van der Waals surface area contributed by atoms with Crippen molar-refractivity contribution in [2.24, 2.45) is 0 Å². The van der Waals surface area contributed by atoms with Gasteiger partial charge in [-0.2, -0.15) is 0 Å². The van der Waals surface area contributed by atoms with Crippen LogP contribution in [-0.2, 0) is 6.42 Å². The van der Waals surface area contributed by atoms with Crippen LogP contribution in [0.2, 0.25) is 5.02 Å². The summed E-state index contributed by atoms with van der Waals surface area (Å²) in [5.74, 6) is -0.219. The van der Waals surface area contributed by atoms with Crippen molar-refractivity contribution in [2.45, 2.75) is 38.8 Å². The van der Waals surface area contributed by atoms with E-state index in [0.29, 0.717) is 16.3 Å². The van der Waals surface area contributed by atoms with Crippen molar-refractivity contribution in [3.05, 3.63) is 55.6 Å². The maximum absolute atomic E-state index is 12.6. The quantitative estimate of drug-likeness (QED) is 0.599. The first-order valence-corrected chi connectivity index (χ1v) is 10.4. The SMILES string of the molecule is CC(C)(C)N(C[C@H](Cc1ccc(Cl)cc1)NC(=O)c1cc(Br)cs1)C(=O)O. The molecule has 2 rings (SSSR count). The summed E-state index contributed by atoms with van der Waals surface area (Å²) >= 11 is 10.6. The lowest BCUT2D eigenvalue weighted by Crippen LogP contribution is -2.53. The topological polar surface area (TPSA) is 69.6 Å². The Labute approximate surface area is 176 Å². The average Bonchev–Trinajstić information content (AvgIpc) is 2.99. The summed E-state index contributed by atoms with van der Waals surface area (Å²) in [6.45, 7) is 5.68. The minimum Gasteiger partial charge on any atom is -0.465 e. The van der Waals surface area contributed by atoms with E-state index in [4.69, 9.17) is 11.6 Å². The summed E-state index contributed by atoms with van der Waals surface area (Å²) < 4.78 is 0.841. The highest BCUT2D eigenvalue weighted by atomic mass is 79.9. The molecule has 146 valence electrons. The van der Waals surface area contributed by atoms with Gasteiger partial charge >= 0.3 is 6.09 Å². The molecule has 1 aromatic heterocycles. The Bertz CT molecular complexity index is 802. The lowest BCUT2D eigenvalue weighted by molar-refractivity contribution is 0.0824. The number of carboxylic acid groups (broad SMARTS) is 1. The molecule has 0 radical (unpaired) electrons. The van der Waals surface area contributed by atoms with Crippen LogP contribution in [0.5, 0.6) is 0 Å². The van der Waals surface area contributed by atoms with E-state index in [-0.39, 0.29) is 18.5 Å². The number of benzene rings is 1. The van der Waals surface area contributed by atoms with Gasteiger partial charge in [0.2, 0.25) is 0 Å². The predicted molar refractivity (Wildman–Crippen MR) is 113 cm³/mol. The predicted octanol–water partition coefficient (Wildman–Crippen LogP) is 5.28. The van der Waals surface area contributed by atoms with Crippen molar-refractivity contribution >= 4 is 50.9 Å². The van der Waals surface area contributed by atoms with Gasteiger partial charge in [-0.15, -0.1) is 11.3 Å². The van der Waals surface area contributed by atoms with Crippen molar-refractivity contribution in [3.8, 4) is 0 Å². The van der Waals surface area contributed by atoms with Crippen LogP contribution >= 0.6 is 38.9 Å². The standard InChI is InChI=1S/C19H22BrClN2O3S/c1-19(2,3)23(18(25)26)10-15(8-12-4-6-14(21)7-5-12)22-17(24)16-9-13(20)11-27-16/h4-7,9,11,15H,8,10H2,1-3H3,(H,22,24)(H,25,26)/t15-/m0/s1. The van der Waals surface area contributed by atoms with Gasteiger partial charge in [-0.25, -0.2) is 4.79 Å². The molecule has 2 aromatic rings. The summed E-state index contributed by atoms with van der Waals surface area (Å²) in [4.78, 5) is 26.3. The number of nitrogens with zero attached hydrogens (tertiary/aromatic N) is 1. The molecule has 1 aromatic carbocycles. The first kappa shape index (κ1) is 21.7. The highest BCUT2D eigenvalue weighted by molar-refractivity contribution is 9.10. The molecule has 2 N–H and O–H groups in total. The normalized spacial score (nSPS) is 12.5. The van der Waals surface area contributed by atoms with Crippen LogP contribution in [0.25, 0.3) is 0 Å². The van der Waals surface area contributed by atoms with Crippen LogP contribution in [0.3, 0.4) is 0 Å². The zero-order valence-corrected chi connectivity index (χ0v) is 18.5. The molecule has 0 aliphatic carbocycles. The fraction of sp³-hybridized carbons (Fsp3) is 0.368. The molecule has 1 heterocycles. The molecule has 0 unspecified atom stereocenters. The summed E-state index contributed by atoms with van der Waals surface area (Å²) in [5, 5.41) is 15.1. The summed E-state index contributed by atoms with van der Waals surface area (Å²) in [6, 6.07) is 8.69. The molecule has 1 atom stereocenters. The van der Waals surface area contributed by atoms with Gasteiger partial charge in [0, 0.05) is 27.0 Å². The number of carbonyl (C=O) groups excluding carboxylic acids is 1. The highest BCUT2D eigenvalue weighted by Gasteiger charge is 2.29. The van der Waals surface area contributed by atoms with Crippen LogP contribution in [0.1, 0.15) is 36.0 Å². The van der Waals surface area contributed by atoms with Crippen LogP contribution in [0, 0.1) is 0 Å². The average molecular weight is 474 g/mol. The second-order valence-corrected chi connectivity index (χ2v) is 9.46. The second-order valence-electron chi connectivity index (χ2n) is 7.19. The first-order chi connectivity index (χ1) is 12.6. The minimum atomic E-state index is -1.02. The number of amides is 2. The number of thiophene rings is 1. The van der Waals surface area contributed by atoms with Crippen molar-refractivity contribution < 1.29 is 14.7 Å². The maximum atomic E-state index is 12.6. The van der Waals surface area contributed by atoms with E-state index in [1.54, 1.807) is 18.2 Å². The van der Waals surface area contributed by atoms with Gasteiger partial charge in [-0.3, -0.25) is 4.79 Å². The van der Waals surface area contributed by atoms with Gasteiger partial charge < -0.3 is 15.3 Å². The third-order valence-electron chi connectivity index (χ3n) is 3.97. The van der Waals surface area contributed by atoms with Crippen molar-refractivity contribution in [1.82, 2.24) is 10.2 Å². The van der Waals surface area contributed by atoms with Crippen molar-refractivity contribution in [3.63, 3.8) is 0 Å². The lowest BCUT2D eigenvalue weighted by Gasteiger charge is -2.36. The molecule has 5 nitrogen and oxygen atoms in total. The van der Waals surface area contributed by atoms with Crippen molar-refractivity contribution in [2.75, 3.05) is 6.54 Å². The molecule has 0 fully saturated rings. The van der Waals surface area contributed by atoms with Crippen LogP contribution in [-0.4, -0.2) is 40.1 Å². The number of hydrogen-bond acceptors (Lipinski definition) is 3. The smallest absolute Gasteiger partial charge is 0.407 e. The second kappa shape index (κ2) is 9.08. The molecule has 27 heavy (non-hydrogen) atoms. The molecule has 0 bridgehead atoms. The molecule has 0 aliphatic rings. The van der Waals surface area contributed by atoms with Crippen LogP contribution in [0.15, 0.2) is 40.2 Å².